The molecular formula is C20H22N2O. The van der Waals surface area contributed by atoms with E-state index in [-0.39, 0.29) is 5.56 Å². The number of rotatable bonds is 4. The lowest BCUT2D eigenvalue weighted by molar-refractivity contribution is 0.787. The number of fused-ring (bicyclic) bond motifs is 1. The highest BCUT2D eigenvalue weighted by atomic mass is 16.1. The highest BCUT2D eigenvalue weighted by Gasteiger charge is 2.11. The molecule has 1 aromatic carbocycles. The van der Waals surface area contributed by atoms with Gasteiger partial charge in [0.05, 0.1) is 0 Å². The predicted molar refractivity (Wildman–Crippen MR) is 96.9 cm³/mol. The smallest absolute Gasteiger partial charge is 0.275 e. The normalized spacial score (nSPS) is 11.8. The molecule has 2 aromatic heterocycles. The quantitative estimate of drug-likeness (QED) is 0.697. The number of nitrogens with one attached hydrogen (secondary N) is 1. The van der Waals surface area contributed by atoms with Gasteiger partial charge in [-0.3, -0.25) is 4.79 Å². The molecule has 0 aliphatic carbocycles. The van der Waals surface area contributed by atoms with Gasteiger partial charge in [-0.1, -0.05) is 50.3 Å². The third kappa shape index (κ3) is 2.87. The van der Waals surface area contributed by atoms with Crippen LogP contribution in [0, 0.1) is 0 Å². The van der Waals surface area contributed by atoms with Crippen molar-refractivity contribution in [2.45, 2.75) is 33.2 Å². The molecule has 0 amide bonds. The van der Waals surface area contributed by atoms with E-state index in [0.29, 0.717) is 18.0 Å². The van der Waals surface area contributed by atoms with Gasteiger partial charge >= 0.3 is 0 Å². The maximum atomic E-state index is 12.5. The minimum atomic E-state index is 0.0191. The van der Waals surface area contributed by atoms with Gasteiger partial charge in [-0.05, 0) is 30.0 Å². The maximum absolute atomic E-state index is 12.5. The van der Waals surface area contributed by atoms with Crippen LogP contribution in [0.5, 0.6) is 0 Å². The number of benzene rings is 1. The van der Waals surface area contributed by atoms with E-state index in [4.69, 9.17) is 0 Å². The predicted octanol–water partition coefficient (Wildman–Crippen LogP) is 4.70. The molecule has 0 unspecified atom stereocenters. The van der Waals surface area contributed by atoms with E-state index in [2.05, 4.69) is 43.1 Å². The molecule has 0 saturated carbocycles. The lowest BCUT2D eigenvalue weighted by Gasteiger charge is -2.11. The van der Waals surface area contributed by atoms with Crippen molar-refractivity contribution in [2.75, 3.05) is 0 Å². The van der Waals surface area contributed by atoms with E-state index >= 15 is 0 Å². The van der Waals surface area contributed by atoms with E-state index in [1.165, 1.54) is 5.56 Å². The molecule has 0 saturated heterocycles. The SMILES string of the molecule is CC=CCn1cc(-c2ccc(C(C)C)cc2)c2cc[nH]c2c1=O. The average Bonchev–Trinajstić information content (AvgIpc) is 3.04. The van der Waals surface area contributed by atoms with Gasteiger partial charge in [-0.15, -0.1) is 0 Å². The first-order valence-electron chi connectivity index (χ1n) is 8.04. The Morgan fingerprint density at radius 1 is 1.17 bits per heavy atom. The van der Waals surface area contributed by atoms with Crippen LogP contribution in [0.3, 0.4) is 0 Å². The van der Waals surface area contributed by atoms with Crippen LogP contribution in [-0.4, -0.2) is 9.55 Å². The fourth-order valence-electron chi connectivity index (χ4n) is 2.83. The van der Waals surface area contributed by atoms with Gasteiger partial charge in [0.2, 0.25) is 0 Å². The summed E-state index contributed by atoms with van der Waals surface area (Å²) in [5.41, 5.74) is 4.22. The van der Waals surface area contributed by atoms with Crippen LogP contribution >= 0.6 is 0 Å². The first-order valence-corrected chi connectivity index (χ1v) is 8.04. The zero-order chi connectivity index (χ0) is 16.4. The molecule has 3 rings (SSSR count). The van der Waals surface area contributed by atoms with Gasteiger partial charge in [0, 0.05) is 29.9 Å². The van der Waals surface area contributed by atoms with Crippen LogP contribution in [0.1, 0.15) is 32.3 Å². The summed E-state index contributed by atoms with van der Waals surface area (Å²) < 4.78 is 1.75. The lowest BCUT2D eigenvalue weighted by Crippen LogP contribution is -2.19. The molecule has 0 radical (unpaired) electrons. The van der Waals surface area contributed by atoms with E-state index in [1.807, 2.05) is 37.5 Å². The summed E-state index contributed by atoms with van der Waals surface area (Å²) in [7, 11) is 0. The number of allylic oxidation sites excluding steroid dienone is 2. The molecule has 3 aromatic rings. The summed E-state index contributed by atoms with van der Waals surface area (Å²) in [6.07, 6.45) is 7.74. The fraction of sp³-hybridized carbons (Fsp3) is 0.250. The fourth-order valence-corrected chi connectivity index (χ4v) is 2.83. The Morgan fingerprint density at radius 2 is 1.91 bits per heavy atom. The Hall–Kier alpha value is -2.55. The summed E-state index contributed by atoms with van der Waals surface area (Å²) in [6, 6.07) is 10.6. The summed E-state index contributed by atoms with van der Waals surface area (Å²) in [5.74, 6) is 0.514. The summed E-state index contributed by atoms with van der Waals surface area (Å²) in [4.78, 5) is 15.6. The van der Waals surface area contributed by atoms with Crippen molar-refractivity contribution < 1.29 is 0 Å². The average molecular weight is 306 g/mol. The van der Waals surface area contributed by atoms with Gasteiger partial charge < -0.3 is 9.55 Å². The molecular weight excluding hydrogens is 284 g/mol. The molecule has 3 heteroatoms. The Morgan fingerprint density at radius 3 is 2.57 bits per heavy atom. The van der Waals surface area contributed by atoms with Gasteiger partial charge in [0.15, 0.2) is 0 Å². The van der Waals surface area contributed by atoms with Crippen LogP contribution in [0.15, 0.2) is 59.7 Å². The molecule has 3 nitrogen and oxygen atoms in total. The number of aromatic nitrogens is 2. The molecule has 0 spiro atoms. The maximum Gasteiger partial charge on any atom is 0.275 e. The molecule has 0 atom stereocenters. The second-order valence-electron chi connectivity index (χ2n) is 6.11. The first-order chi connectivity index (χ1) is 11.1. The lowest BCUT2D eigenvalue weighted by atomic mass is 9.98. The van der Waals surface area contributed by atoms with Crippen molar-refractivity contribution >= 4 is 10.9 Å². The number of aromatic amines is 1. The first kappa shape index (κ1) is 15.3. The Labute approximate surface area is 136 Å². The van der Waals surface area contributed by atoms with Gasteiger partial charge in [-0.25, -0.2) is 0 Å². The summed E-state index contributed by atoms with van der Waals surface area (Å²) in [6.45, 7) is 6.93. The summed E-state index contributed by atoms with van der Waals surface area (Å²) in [5, 5.41) is 0.976. The van der Waals surface area contributed by atoms with Crippen LogP contribution < -0.4 is 5.56 Å². The number of hydrogen-bond acceptors (Lipinski definition) is 1. The Kier molecular flexibility index (Phi) is 4.20. The molecule has 2 heterocycles. The molecule has 1 N–H and O–H groups in total. The van der Waals surface area contributed by atoms with Crippen molar-refractivity contribution in [3.05, 3.63) is 70.8 Å². The Bertz CT molecular complexity index is 896. The van der Waals surface area contributed by atoms with Crippen molar-refractivity contribution in [1.82, 2.24) is 9.55 Å². The molecule has 23 heavy (non-hydrogen) atoms. The third-order valence-electron chi connectivity index (χ3n) is 4.22. The highest BCUT2D eigenvalue weighted by Crippen LogP contribution is 2.28. The number of nitrogens with zero attached hydrogens (tertiary/aromatic N) is 1. The molecule has 0 bridgehead atoms. The second-order valence-corrected chi connectivity index (χ2v) is 6.11. The van der Waals surface area contributed by atoms with Crippen molar-refractivity contribution in [2.24, 2.45) is 0 Å². The topological polar surface area (TPSA) is 37.8 Å². The van der Waals surface area contributed by atoms with E-state index in [9.17, 15) is 4.79 Å². The van der Waals surface area contributed by atoms with E-state index in [0.717, 1.165) is 16.5 Å². The van der Waals surface area contributed by atoms with Crippen LogP contribution in [0.25, 0.3) is 22.0 Å². The summed E-state index contributed by atoms with van der Waals surface area (Å²) >= 11 is 0. The molecule has 0 aliphatic heterocycles. The van der Waals surface area contributed by atoms with Crippen LogP contribution in [-0.2, 0) is 6.54 Å². The van der Waals surface area contributed by atoms with E-state index in [1.54, 1.807) is 4.57 Å². The van der Waals surface area contributed by atoms with E-state index < -0.39 is 0 Å². The minimum Gasteiger partial charge on any atom is -0.357 e. The monoisotopic (exact) mass is 306 g/mol. The van der Waals surface area contributed by atoms with Gasteiger partial charge in [0.25, 0.3) is 5.56 Å². The second kappa shape index (κ2) is 6.29. The number of hydrogen-bond donors (Lipinski definition) is 1. The van der Waals surface area contributed by atoms with Crippen LogP contribution in [0.4, 0.5) is 0 Å². The standard InChI is InChI=1S/C20H22N2O/c1-4-5-12-22-13-18(17-10-11-21-19(17)20(22)23)16-8-6-15(7-9-16)14(2)3/h4-11,13-14,21H,12H2,1-3H3. The van der Waals surface area contributed by atoms with Crippen molar-refractivity contribution in [3.8, 4) is 11.1 Å². The zero-order valence-electron chi connectivity index (χ0n) is 13.8. The highest BCUT2D eigenvalue weighted by molar-refractivity contribution is 5.94. The molecule has 0 aliphatic rings. The van der Waals surface area contributed by atoms with Crippen molar-refractivity contribution in [1.29, 1.82) is 0 Å². The van der Waals surface area contributed by atoms with Gasteiger partial charge in [0.1, 0.15) is 5.52 Å². The van der Waals surface area contributed by atoms with Crippen molar-refractivity contribution in [3.63, 3.8) is 0 Å². The minimum absolute atomic E-state index is 0.0191. The molecule has 0 fully saturated rings. The molecule has 118 valence electrons. The van der Waals surface area contributed by atoms with Gasteiger partial charge in [-0.2, -0.15) is 0 Å². The zero-order valence-corrected chi connectivity index (χ0v) is 13.8. The largest absolute Gasteiger partial charge is 0.357 e. The third-order valence-corrected chi connectivity index (χ3v) is 4.22. The Balaban J connectivity index is 2.17. The number of pyridine rings is 1. The number of H-pyrrole nitrogens is 1. The van der Waals surface area contributed by atoms with Crippen LogP contribution in [0.2, 0.25) is 0 Å².